The van der Waals surface area contributed by atoms with E-state index in [0.717, 1.165) is 51.8 Å². The monoisotopic (exact) mass is 528 g/mol. The molecule has 170 valence electrons. The number of guanidine groups is 1. The van der Waals surface area contributed by atoms with Gasteiger partial charge in [-0.05, 0) is 38.9 Å². The Kier molecular flexibility index (Phi) is 12.0. The predicted molar refractivity (Wildman–Crippen MR) is 138 cm³/mol. The molecule has 0 spiro atoms. The Balaban J connectivity index is 0.00000320. The van der Waals surface area contributed by atoms with Crippen LogP contribution in [-0.4, -0.2) is 105 Å². The molecular weight excluding hydrogens is 487 g/mol. The normalized spacial score (nSPS) is 19.5. The van der Waals surface area contributed by atoms with Gasteiger partial charge in [-0.25, -0.2) is 0 Å². The average Bonchev–Trinajstić information content (AvgIpc) is 2.75. The summed E-state index contributed by atoms with van der Waals surface area (Å²) in [6.07, 6.45) is 2.42. The van der Waals surface area contributed by atoms with Gasteiger partial charge in [-0.1, -0.05) is 30.3 Å². The molecule has 30 heavy (non-hydrogen) atoms. The summed E-state index contributed by atoms with van der Waals surface area (Å²) in [5.74, 6) is 1.10. The van der Waals surface area contributed by atoms with Crippen molar-refractivity contribution in [3.05, 3.63) is 35.9 Å². The summed E-state index contributed by atoms with van der Waals surface area (Å²) in [6, 6.07) is 10.8. The van der Waals surface area contributed by atoms with Crippen LogP contribution in [0, 0.1) is 0 Å². The van der Waals surface area contributed by atoms with Gasteiger partial charge in [0, 0.05) is 72.0 Å². The Bertz CT molecular complexity index is 595. The molecule has 1 aromatic carbocycles. The molecule has 2 aliphatic heterocycles. The third-order valence-electron chi connectivity index (χ3n) is 6.00. The summed E-state index contributed by atoms with van der Waals surface area (Å²) in [6.45, 7) is 15.5. The van der Waals surface area contributed by atoms with Crippen molar-refractivity contribution in [2.75, 3.05) is 79.0 Å². The van der Waals surface area contributed by atoms with Crippen LogP contribution in [0.5, 0.6) is 0 Å². The third kappa shape index (κ3) is 8.69. The Labute approximate surface area is 200 Å². The van der Waals surface area contributed by atoms with E-state index in [1.165, 1.54) is 51.1 Å². The number of nitrogens with zero attached hydrogens (tertiary/aromatic N) is 5. The Morgan fingerprint density at radius 3 is 2.23 bits per heavy atom. The SMILES string of the molecule is CCNC(=NCCCCN1CCN(C)CC1)N1CCN(Cc2ccccc2)CC1.I. The van der Waals surface area contributed by atoms with Crippen LogP contribution in [0.25, 0.3) is 0 Å². The molecule has 0 saturated carbocycles. The van der Waals surface area contributed by atoms with Crippen LogP contribution in [-0.2, 0) is 6.54 Å². The van der Waals surface area contributed by atoms with Gasteiger partial charge in [0.15, 0.2) is 5.96 Å². The van der Waals surface area contributed by atoms with Gasteiger partial charge in [0.2, 0.25) is 0 Å². The number of hydrogen-bond acceptors (Lipinski definition) is 4. The van der Waals surface area contributed by atoms with E-state index in [1.807, 2.05) is 0 Å². The first-order chi connectivity index (χ1) is 14.2. The molecule has 7 heteroatoms. The number of aliphatic imine (C=N–C) groups is 1. The van der Waals surface area contributed by atoms with Crippen LogP contribution in [0.4, 0.5) is 0 Å². The molecule has 2 saturated heterocycles. The van der Waals surface area contributed by atoms with Crippen molar-refractivity contribution in [1.82, 2.24) is 24.9 Å². The molecule has 0 aliphatic carbocycles. The number of hydrogen-bond donors (Lipinski definition) is 1. The lowest BCUT2D eigenvalue weighted by Gasteiger charge is -2.36. The van der Waals surface area contributed by atoms with E-state index in [9.17, 15) is 0 Å². The Hall–Kier alpha value is -0.900. The minimum atomic E-state index is 0. The number of unbranched alkanes of at least 4 members (excludes halogenated alkanes) is 1. The van der Waals surface area contributed by atoms with E-state index in [-0.39, 0.29) is 24.0 Å². The zero-order valence-corrected chi connectivity index (χ0v) is 21.3. The molecular formula is C23H41IN6. The molecule has 3 rings (SSSR count). The molecule has 1 aromatic rings. The first-order valence-electron chi connectivity index (χ1n) is 11.4. The second-order valence-corrected chi connectivity index (χ2v) is 8.34. The lowest BCUT2D eigenvalue weighted by atomic mass is 10.2. The molecule has 2 heterocycles. The second kappa shape index (κ2) is 14.2. The number of piperazine rings is 2. The fourth-order valence-electron chi connectivity index (χ4n) is 4.09. The van der Waals surface area contributed by atoms with E-state index in [1.54, 1.807) is 0 Å². The molecule has 2 fully saturated rings. The topological polar surface area (TPSA) is 37.4 Å². The first-order valence-corrected chi connectivity index (χ1v) is 11.4. The predicted octanol–water partition coefficient (Wildman–Crippen LogP) is 2.42. The van der Waals surface area contributed by atoms with Gasteiger partial charge in [0.05, 0.1) is 0 Å². The van der Waals surface area contributed by atoms with Crippen LogP contribution < -0.4 is 5.32 Å². The molecule has 0 bridgehead atoms. The van der Waals surface area contributed by atoms with Crippen LogP contribution >= 0.6 is 24.0 Å². The van der Waals surface area contributed by atoms with Gasteiger partial charge in [-0.15, -0.1) is 24.0 Å². The van der Waals surface area contributed by atoms with Crippen LogP contribution in [0.3, 0.4) is 0 Å². The Morgan fingerprint density at radius 1 is 0.900 bits per heavy atom. The smallest absolute Gasteiger partial charge is 0.194 e. The lowest BCUT2D eigenvalue weighted by molar-refractivity contribution is 0.152. The van der Waals surface area contributed by atoms with Gasteiger partial charge in [0.25, 0.3) is 0 Å². The summed E-state index contributed by atoms with van der Waals surface area (Å²) in [4.78, 5) is 14.9. The fraction of sp³-hybridized carbons (Fsp3) is 0.696. The molecule has 2 aliphatic rings. The highest BCUT2D eigenvalue weighted by molar-refractivity contribution is 14.0. The fourth-order valence-corrected chi connectivity index (χ4v) is 4.09. The number of rotatable bonds is 8. The second-order valence-electron chi connectivity index (χ2n) is 8.34. The summed E-state index contributed by atoms with van der Waals surface area (Å²) >= 11 is 0. The highest BCUT2D eigenvalue weighted by Gasteiger charge is 2.19. The zero-order chi connectivity index (χ0) is 20.3. The molecule has 0 radical (unpaired) electrons. The highest BCUT2D eigenvalue weighted by Crippen LogP contribution is 2.09. The van der Waals surface area contributed by atoms with Crippen molar-refractivity contribution in [3.8, 4) is 0 Å². The van der Waals surface area contributed by atoms with Crippen LogP contribution in [0.2, 0.25) is 0 Å². The minimum Gasteiger partial charge on any atom is -0.357 e. The highest BCUT2D eigenvalue weighted by atomic mass is 127. The van der Waals surface area contributed by atoms with Crippen LogP contribution in [0.1, 0.15) is 25.3 Å². The van der Waals surface area contributed by atoms with Gasteiger partial charge in [-0.2, -0.15) is 0 Å². The minimum absolute atomic E-state index is 0. The zero-order valence-electron chi connectivity index (χ0n) is 18.9. The van der Waals surface area contributed by atoms with Crippen molar-refractivity contribution in [1.29, 1.82) is 0 Å². The number of benzene rings is 1. The van der Waals surface area contributed by atoms with E-state index in [2.05, 4.69) is 69.2 Å². The third-order valence-corrected chi connectivity index (χ3v) is 6.00. The maximum atomic E-state index is 4.93. The molecule has 0 amide bonds. The van der Waals surface area contributed by atoms with Crippen LogP contribution in [0.15, 0.2) is 35.3 Å². The molecule has 0 aromatic heterocycles. The quantitative estimate of drug-likeness (QED) is 0.243. The summed E-state index contributed by atoms with van der Waals surface area (Å²) in [5, 5.41) is 3.50. The van der Waals surface area contributed by atoms with Gasteiger partial charge < -0.3 is 20.0 Å². The molecule has 0 unspecified atom stereocenters. The van der Waals surface area contributed by atoms with Crippen molar-refractivity contribution in [2.24, 2.45) is 4.99 Å². The standard InChI is InChI=1S/C23H40N6.HI/c1-3-24-23(25-11-7-8-12-27-15-13-26(2)14-16-27)29-19-17-28(18-20-29)21-22-9-5-4-6-10-22;/h4-6,9-10H,3,7-8,11-21H2,1-2H3,(H,24,25);1H. The summed E-state index contributed by atoms with van der Waals surface area (Å²) < 4.78 is 0. The van der Waals surface area contributed by atoms with Crippen molar-refractivity contribution < 1.29 is 0 Å². The van der Waals surface area contributed by atoms with E-state index < -0.39 is 0 Å². The van der Waals surface area contributed by atoms with Gasteiger partial charge >= 0.3 is 0 Å². The Morgan fingerprint density at radius 2 is 1.57 bits per heavy atom. The molecule has 0 atom stereocenters. The average molecular weight is 529 g/mol. The molecule has 1 N–H and O–H groups in total. The summed E-state index contributed by atoms with van der Waals surface area (Å²) in [5.41, 5.74) is 1.40. The maximum Gasteiger partial charge on any atom is 0.194 e. The molecule has 6 nitrogen and oxygen atoms in total. The van der Waals surface area contributed by atoms with Crippen molar-refractivity contribution in [3.63, 3.8) is 0 Å². The number of likely N-dealkylation sites (N-methyl/N-ethyl adjacent to an activating group) is 1. The lowest BCUT2D eigenvalue weighted by Crippen LogP contribution is -2.52. The largest absolute Gasteiger partial charge is 0.357 e. The number of halogens is 1. The first kappa shape index (κ1) is 25.4. The van der Waals surface area contributed by atoms with Gasteiger partial charge in [-0.3, -0.25) is 9.89 Å². The van der Waals surface area contributed by atoms with Gasteiger partial charge in [0.1, 0.15) is 0 Å². The summed E-state index contributed by atoms with van der Waals surface area (Å²) in [7, 11) is 2.22. The maximum absolute atomic E-state index is 4.93. The number of nitrogens with one attached hydrogen (secondary N) is 1. The van der Waals surface area contributed by atoms with E-state index in [0.29, 0.717) is 0 Å². The van der Waals surface area contributed by atoms with E-state index in [4.69, 9.17) is 4.99 Å². The van der Waals surface area contributed by atoms with Crippen molar-refractivity contribution in [2.45, 2.75) is 26.3 Å². The van der Waals surface area contributed by atoms with Crippen molar-refractivity contribution >= 4 is 29.9 Å². The van der Waals surface area contributed by atoms with E-state index >= 15 is 0 Å².